The highest BCUT2D eigenvalue weighted by Crippen LogP contribution is 2.24. The van der Waals surface area contributed by atoms with Crippen LogP contribution in [0.2, 0.25) is 0 Å². The molecule has 1 aliphatic heterocycles. The van der Waals surface area contributed by atoms with Gasteiger partial charge in [0.2, 0.25) is 0 Å². The third-order valence-corrected chi connectivity index (χ3v) is 5.02. The van der Waals surface area contributed by atoms with E-state index in [4.69, 9.17) is 4.74 Å². The molecule has 2 aromatic carbocycles. The number of piperidine rings is 1. The van der Waals surface area contributed by atoms with Crippen LogP contribution in [0.5, 0.6) is 5.75 Å². The summed E-state index contributed by atoms with van der Waals surface area (Å²) in [6.07, 6.45) is 5.47. The van der Waals surface area contributed by atoms with Gasteiger partial charge in [-0.3, -0.25) is 9.78 Å². The number of ether oxygens (including phenoxy) is 1. The van der Waals surface area contributed by atoms with E-state index in [9.17, 15) is 9.18 Å². The molecule has 0 unspecified atom stereocenters. The predicted octanol–water partition coefficient (Wildman–Crippen LogP) is 4.31. The minimum atomic E-state index is -0.276. The number of carbonyl (C=O) groups is 1. The number of nitrogens with zero attached hydrogens (tertiary/aromatic N) is 2. The number of amides is 1. The van der Waals surface area contributed by atoms with Crippen molar-refractivity contribution < 1.29 is 13.9 Å². The van der Waals surface area contributed by atoms with E-state index >= 15 is 0 Å². The third-order valence-electron chi connectivity index (χ3n) is 5.02. The summed E-state index contributed by atoms with van der Waals surface area (Å²) in [5.74, 6) is 0.700. The van der Waals surface area contributed by atoms with E-state index in [2.05, 4.69) is 4.98 Å². The van der Waals surface area contributed by atoms with Gasteiger partial charge in [0.1, 0.15) is 11.6 Å². The molecular weight excluding hydrogens is 343 g/mol. The number of hydrogen-bond acceptors (Lipinski definition) is 3. The number of pyridine rings is 1. The number of aromatic nitrogens is 1. The van der Waals surface area contributed by atoms with E-state index in [-0.39, 0.29) is 17.6 Å². The molecule has 1 aromatic heterocycles. The van der Waals surface area contributed by atoms with Crippen LogP contribution in [0.4, 0.5) is 4.39 Å². The Labute approximate surface area is 157 Å². The largest absolute Gasteiger partial charge is 0.493 e. The van der Waals surface area contributed by atoms with Gasteiger partial charge in [-0.25, -0.2) is 4.39 Å². The fourth-order valence-electron chi connectivity index (χ4n) is 3.61. The van der Waals surface area contributed by atoms with Gasteiger partial charge in [-0.1, -0.05) is 12.1 Å². The molecule has 0 bridgehead atoms. The van der Waals surface area contributed by atoms with Crippen LogP contribution in [0, 0.1) is 11.7 Å². The summed E-state index contributed by atoms with van der Waals surface area (Å²) < 4.78 is 18.8. The Bertz CT molecular complexity index is 937. The van der Waals surface area contributed by atoms with Crippen molar-refractivity contribution in [2.75, 3.05) is 19.7 Å². The van der Waals surface area contributed by atoms with Crippen molar-refractivity contribution in [3.63, 3.8) is 0 Å². The number of likely N-dealkylation sites (tertiary alicyclic amines) is 1. The van der Waals surface area contributed by atoms with Crippen LogP contribution >= 0.6 is 0 Å². The Morgan fingerprint density at radius 2 is 2.04 bits per heavy atom. The number of benzene rings is 2. The van der Waals surface area contributed by atoms with E-state index in [0.29, 0.717) is 18.9 Å². The van der Waals surface area contributed by atoms with E-state index in [1.165, 1.54) is 12.1 Å². The second kappa shape index (κ2) is 7.74. The van der Waals surface area contributed by atoms with Gasteiger partial charge in [-0.2, -0.15) is 0 Å². The molecule has 3 aromatic rings. The molecule has 0 saturated carbocycles. The lowest BCUT2D eigenvalue weighted by atomic mass is 9.97. The second-order valence-corrected chi connectivity index (χ2v) is 6.93. The summed E-state index contributed by atoms with van der Waals surface area (Å²) in [6.45, 7) is 1.95. The quantitative estimate of drug-likeness (QED) is 0.693. The Hall–Kier alpha value is -2.95. The van der Waals surface area contributed by atoms with E-state index < -0.39 is 0 Å². The van der Waals surface area contributed by atoms with Crippen molar-refractivity contribution in [3.05, 3.63) is 72.3 Å². The average Bonchev–Trinajstić information content (AvgIpc) is 2.72. The summed E-state index contributed by atoms with van der Waals surface area (Å²) >= 11 is 0. The molecule has 138 valence electrons. The Kier molecular flexibility index (Phi) is 5.01. The van der Waals surface area contributed by atoms with Gasteiger partial charge in [-0.05, 0) is 54.6 Å². The van der Waals surface area contributed by atoms with Crippen molar-refractivity contribution in [2.24, 2.45) is 5.92 Å². The fraction of sp³-hybridized carbons (Fsp3) is 0.273. The van der Waals surface area contributed by atoms with Crippen molar-refractivity contribution in [3.8, 4) is 5.75 Å². The Balaban J connectivity index is 1.44. The molecule has 1 fully saturated rings. The fourth-order valence-corrected chi connectivity index (χ4v) is 3.61. The predicted molar refractivity (Wildman–Crippen MR) is 102 cm³/mol. The molecule has 0 radical (unpaired) electrons. The number of fused-ring (bicyclic) bond motifs is 1. The van der Waals surface area contributed by atoms with Gasteiger partial charge in [0.05, 0.1) is 6.61 Å². The van der Waals surface area contributed by atoms with Crippen LogP contribution in [0.3, 0.4) is 0 Å². The van der Waals surface area contributed by atoms with Crippen molar-refractivity contribution in [1.82, 2.24) is 9.88 Å². The van der Waals surface area contributed by atoms with Crippen LogP contribution in [0.25, 0.3) is 10.8 Å². The first-order valence-corrected chi connectivity index (χ1v) is 9.21. The molecule has 1 aliphatic rings. The van der Waals surface area contributed by atoms with Gasteiger partial charge >= 0.3 is 0 Å². The lowest BCUT2D eigenvalue weighted by Crippen LogP contribution is -2.41. The topological polar surface area (TPSA) is 42.4 Å². The average molecular weight is 364 g/mol. The monoisotopic (exact) mass is 364 g/mol. The zero-order chi connectivity index (χ0) is 18.6. The summed E-state index contributed by atoms with van der Waals surface area (Å²) in [4.78, 5) is 19.1. The van der Waals surface area contributed by atoms with Crippen LogP contribution in [-0.4, -0.2) is 35.5 Å². The van der Waals surface area contributed by atoms with Crippen LogP contribution in [-0.2, 0) is 0 Å². The summed E-state index contributed by atoms with van der Waals surface area (Å²) in [5.41, 5.74) is 0.718. The SMILES string of the molecule is O=C(c1cccc2cnccc12)N1CCC[C@H](COc2ccc(F)cc2)C1. The number of hydrogen-bond donors (Lipinski definition) is 0. The standard InChI is InChI=1S/C22H21FN2O2/c23-18-6-8-19(9-7-18)27-15-16-3-2-12-25(14-16)22(26)21-5-1-4-17-13-24-11-10-20(17)21/h1,4-11,13,16H,2-3,12,14-15H2/t16-/m0/s1. The van der Waals surface area contributed by atoms with Gasteiger partial charge in [-0.15, -0.1) is 0 Å². The van der Waals surface area contributed by atoms with Crippen molar-refractivity contribution in [2.45, 2.75) is 12.8 Å². The highest BCUT2D eigenvalue weighted by molar-refractivity contribution is 6.06. The molecule has 1 amide bonds. The maximum Gasteiger partial charge on any atom is 0.254 e. The molecule has 5 heteroatoms. The highest BCUT2D eigenvalue weighted by atomic mass is 19.1. The second-order valence-electron chi connectivity index (χ2n) is 6.93. The normalized spacial score (nSPS) is 17.1. The molecule has 4 nitrogen and oxygen atoms in total. The number of halogens is 1. The number of rotatable bonds is 4. The first-order chi connectivity index (χ1) is 13.2. The minimum absolute atomic E-state index is 0.0540. The lowest BCUT2D eigenvalue weighted by Gasteiger charge is -2.33. The smallest absolute Gasteiger partial charge is 0.254 e. The third kappa shape index (κ3) is 3.92. The maximum atomic E-state index is 13.1. The molecule has 27 heavy (non-hydrogen) atoms. The first-order valence-electron chi connectivity index (χ1n) is 9.21. The molecule has 0 spiro atoms. The molecule has 0 aliphatic carbocycles. The summed E-state index contributed by atoms with van der Waals surface area (Å²) in [5, 5.41) is 1.90. The summed E-state index contributed by atoms with van der Waals surface area (Å²) in [7, 11) is 0. The maximum absolute atomic E-state index is 13.1. The zero-order valence-corrected chi connectivity index (χ0v) is 15.0. The van der Waals surface area contributed by atoms with Gasteiger partial charge in [0.15, 0.2) is 0 Å². The highest BCUT2D eigenvalue weighted by Gasteiger charge is 2.25. The molecule has 0 N–H and O–H groups in total. The van der Waals surface area contributed by atoms with Crippen molar-refractivity contribution >= 4 is 16.7 Å². The molecule has 4 rings (SSSR count). The molecular formula is C22H21FN2O2. The van der Waals surface area contributed by atoms with Crippen molar-refractivity contribution in [1.29, 1.82) is 0 Å². The summed E-state index contributed by atoms with van der Waals surface area (Å²) in [6, 6.07) is 13.7. The molecule has 1 saturated heterocycles. The zero-order valence-electron chi connectivity index (χ0n) is 15.0. The van der Waals surface area contributed by atoms with Crippen LogP contribution in [0.1, 0.15) is 23.2 Å². The Morgan fingerprint density at radius 3 is 2.89 bits per heavy atom. The van der Waals surface area contributed by atoms with E-state index in [1.807, 2.05) is 29.2 Å². The molecule has 2 heterocycles. The lowest BCUT2D eigenvalue weighted by molar-refractivity contribution is 0.0635. The van der Waals surface area contributed by atoms with E-state index in [1.54, 1.807) is 24.5 Å². The van der Waals surface area contributed by atoms with Crippen LogP contribution in [0.15, 0.2) is 60.9 Å². The van der Waals surface area contributed by atoms with Gasteiger partial charge < -0.3 is 9.64 Å². The van der Waals surface area contributed by atoms with E-state index in [0.717, 1.165) is 35.7 Å². The minimum Gasteiger partial charge on any atom is -0.493 e. The first kappa shape index (κ1) is 17.5. The molecule has 1 atom stereocenters. The van der Waals surface area contributed by atoms with Gasteiger partial charge in [0.25, 0.3) is 5.91 Å². The number of carbonyl (C=O) groups excluding carboxylic acids is 1. The van der Waals surface area contributed by atoms with Crippen LogP contribution < -0.4 is 4.74 Å². The Morgan fingerprint density at radius 1 is 1.19 bits per heavy atom. The van der Waals surface area contributed by atoms with Gasteiger partial charge in [0, 0.05) is 42.4 Å².